The second-order valence-corrected chi connectivity index (χ2v) is 5.86. The zero-order valence-corrected chi connectivity index (χ0v) is 12.6. The van der Waals surface area contributed by atoms with Crippen molar-refractivity contribution in [2.75, 3.05) is 39.3 Å². The Balaban J connectivity index is 1.69. The molecule has 0 aliphatic carbocycles. The Morgan fingerprint density at radius 2 is 1.95 bits per heavy atom. The predicted molar refractivity (Wildman–Crippen MR) is 80.4 cm³/mol. The van der Waals surface area contributed by atoms with Gasteiger partial charge in [0.25, 0.3) is 0 Å². The van der Waals surface area contributed by atoms with Crippen LogP contribution in [0, 0.1) is 17.6 Å². The second kappa shape index (κ2) is 8.53. The van der Waals surface area contributed by atoms with Crippen LogP contribution in [0.25, 0.3) is 0 Å². The van der Waals surface area contributed by atoms with Crippen molar-refractivity contribution in [1.29, 1.82) is 0 Å². The third-order valence-corrected chi connectivity index (χ3v) is 4.22. The molecule has 1 aliphatic heterocycles. The maximum absolute atomic E-state index is 13.1. The van der Waals surface area contributed by atoms with Gasteiger partial charge in [0.2, 0.25) is 0 Å². The molecule has 3 N–H and O–H groups in total. The number of aliphatic hydroxyl groups is 2. The average Bonchev–Trinajstić information content (AvgIpc) is 2.52. The zero-order chi connectivity index (χ0) is 15.9. The molecule has 2 rings (SSSR count). The lowest BCUT2D eigenvalue weighted by Crippen LogP contribution is -2.39. The van der Waals surface area contributed by atoms with E-state index in [0.29, 0.717) is 18.0 Å². The molecule has 0 radical (unpaired) electrons. The molecule has 1 aromatic rings. The molecule has 4 nitrogen and oxygen atoms in total. The van der Waals surface area contributed by atoms with Crippen LogP contribution < -0.4 is 5.32 Å². The summed E-state index contributed by atoms with van der Waals surface area (Å²) in [6.07, 6.45) is 1.28. The Bertz CT molecular complexity index is 465. The molecule has 0 amide bonds. The Labute approximate surface area is 129 Å². The van der Waals surface area contributed by atoms with E-state index in [2.05, 4.69) is 10.2 Å². The third-order valence-electron chi connectivity index (χ3n) is 4.22. The molecule has 0 spiro atoms. The van der Waals surface area contributed by atoms with Crippen LogP contribution in [-0.4, -0.2) is 54.4 Å². The van der Waals surface area contributed by atoms with Crippen LogP contribution >= 0.6 is 0 Å². The normalized spacial score (nSPS) is 18.5. The van der Waals surface area contributed by atoms with Crippen molar-refractivity contribution in [3.63, 3.8) is 0 Å². The zero-order valence-electron chi connectivity index (χ0n) is 12.6. The number of halogens is 2. The molecule has 1 aromatic carbocycles. The summed E-state index contributed by atoms with van der Waals surface area (Å²) in [6.45, 7) is 4.02. The van der Waals surface area contributed by atoms with Crippen LogP contribution in [-0.2, 0) is 0 Å². The summed E-state index contributed by atoms with van der Waals surface area (Å²) in [4.78, 5) is 2.24. The quantitative estimate of drug-likeness (QED) is 0.710. The predicted octanol–water partition coefficient (Wildman–Crippen LogP) is 1.29. The van der Waals surface area contributed by atoms with E-state index in [9.17, 15) is 13.9 Å². The van der Waals surface area contributed by atoms with E-state index >= 15 is 0 Å². The number of piperidine rings is 1. The van der Waals surface area contributed by atoms with Crippen molar-refractivity contribution in [3.05, 3.63) is 35.4 Å². The number of nitrogens with one attached hydrogen (secondary N) is 1. The van der Waals surface area contributed by atoms with Gasteiger partial charge in [-0.2, -0.15) is 0 Å². The SMILES string of the molecule is OCCN1CCC(CNCC(O)c2ccc(F)c(F)c2)CC1. The Morgan fingerprint density at radius 3 is 2.59 bits per heavy atom. The Hall–Kier alpha value is -1.08. The van der Waals surface area contributed by atoms with Crippen molar-refractivity contribution in [1.82, 2.24) is 10.2 Å². The first-order chi connectivity index (χ1) is 10.6. The lowest BCUT2D eigenvalue weighted by atomic mass is 9.96. The first-order valence-electron chi connectivity index (χ1n) is 7.77. The summed E-state index contributed by atoms with van der Waals surface area (Å²) in [6, 6.07) is 3.47. The largest absolute Gasteiger partial charge is 0.395 e. The maximum Gasteiger partial charge on any atom is 0.159 e. The number of hydrogen-bond donors (Lipinski definition) is 3. The highest BCUT2D eigenvalue weighted by Gasteiger charge is 2.19. The number of β-amino-alcohol motifs (C(OH)–C–C–N with tert-alkyl or cyclic N) is 1. The molecule has 22 heavy (non-hydrogen) atoms. The minimum atomic E-state index is -0.937. The van der Waals surface area contributed by atoms with Gasteiger partial charge in [0.1, 0.15) is 0 Å². The van der Waals surface area contributed by atoms with Gasteiger partial charge < -0.3 is 20.4 Å². The monoisotopic (exact) mass is 314 g/mol. The second-order valence-electron chi connectivity index (χ2n) is 5.86. The lowest BCUT2D eigenvalue weighted by molar-refractivity contribution is 0.140. The van der Waals surface area contributed by atoms with E-state index in [-0.39, 0.29) is 6.61 Å². The van der Waals surface area contributed by atoms with E-state index < -0.39 is 17.7 Å². The highest BCUT2D eigenvalue weighted by Crippen LogP contribution is 2.18. The van der Waals surface area contributed by atoms with Crippen LogP contribution in [0.5, 0.6) is 0 Å². The maximum atomic E-state index is 13.1. The van der Waals surface area contributed by atoms with Crippen LogP contribution in [0.2, 0.25) is 0 Å². The summed E-state index contributed by atoms with van der Waals surface area (Å²) in [7, 11) is 0. The van der Waals surface area contributed by atoms with Gasteiger partial charge in [-0.1, -0.05) is 6.07 Å². The Morgan fingerprint density at radius 1 is 1.23 bits per heavy atom. The van der Waals surface area contributed by atoms with Gasteiger partial charge in [0.15, 0.2) is 11.6 Å². The molecule has 1 atom stereocenters. The number of nitrogens with zero attached hydrogens (tertiary/aromatic N) is 1. The lowest BCUT2D eigenvalue weighted by Gasteiger charge is -2.31. The summed E-state index contributed by atoms with van der Waals surface area (Å²) in [5.41, 5.74) is 0.379. The van der Waals surface area contributed by atoms with Crippen molar-refractivity contribution >= 4 is 0 Å². The fourth-order valence-corrected chi connectivity index (χ4v) is 2.82. The van der Waals surface area contributed by atoms with Crippen molar-refractivity contribution in [2.45, 2.75) is 18.9 Å². The average molecular weight is 314 g/mol. The molecule has 1 fully saturated rings. The molecule has 6 heteroatoms. The van der Waals surface area contributed by atoms with Gasteiger partial charge in [0, 0.05) is 13.1 Å². The third kappa shape index (κ3) is 4.98. The number of hydrogen-bond acceptors (Lipinski definition) is 4. The fourth-order valence-electron chi connectivity index (χ4n) is 2.82. The summed E-state index contributed by atoms with van der Waals surface area (Å²) in [5.74, 6) is -1.29. The van der Waals surface area contributed by atoms with Crippen molar-refractivity contribution in [3.8, 4) is 0 Å². The smallest absolute Gasteiger partial charge is 0.159 e. The Kier molecular flexibility index (Phi) is 6.70. The van der Waals surface area contributed by atoms with Crippen molar-refractivity contribution in [2.24, 2.45) is 5.92 Å². The molecular weight excluding hydrogens is 290 g/mol. The molecular formula is C16H24F2N2O2. The van der Waals surface area contributed by atoms with Crippen LogP contribution in [0.15, 0.2) is 18.2 Å². The van der Waals surface area contributed by atoms with Crippen molar-refractivity contribution < 1.29 is 19.0 Å². The van der Waals surface area contributed by atoms with E-state index in [1.807, 2.05) is 0 Å². The summed E-state index contributed by atoms with van der Waals surface area (Å²) < 4.78 is 26.0. The number of likely N-dealkylation sites (tertiary alicyclic amines) is 1. The highest BCUT2D eigenvalue weighted by molar-refractivity contribution is 5.20. The van der Waals surface area contributed by atoms with Gasteiger partial charge >= 0.3 is 0 Å². The van der Waals surface area contributed by atoms with E-state index in [1.54, 1.807) is 0 Å². The number of aliphatic hydroxyl groups excluding tert-OH is 2. The fraction of sp³-hybridized carbons (Fsp3) is 0.625. The van der Waals surface area contributed by atoms with E-state index in [0.717, 1.165) is 51.2 Å². The van der Waals surface area contributed by atoms with Crippen LogP contribution in [0.3, 0.4) is 0 Å². The first-order valence-corrected chi connectivity index (χ1v) is 7.77. The molecule has 1 aliphatic rings. The number of benzene rings is 1. The highest BCUT2D eigenvalue weighted by atomic mass is 19.2. The minimum absolute atomic E-state index is 0.198. The summed E-state index contributed by atoms with van der Waals surface area (Å²) in [5, 5.41) is 22.1. The molecule has 1 saturated heterocycles. The number of rotatable bonds is 7. The van der Waals surface area contributed by atoms with Crippen LogP contribution in [0.4, 0.5) is 8.78 Å². The molecule has 0 aromatic heterocycles. The van der Waals surface area contributed by atoms with Gasteiger partial charge in [0.05, 0.1) is 12.7 Å². The van der Waals surface area contributed by atoms with Crippen LogP contribution in [0.1, 0.15) is 24.5 Å². The van der Waals surface area contributed by atoms with Gasteiger partial charge in [-0.05, 0) is 56.1 Å². The van der Waals surface area contributed by atoms with Gasteiger partial charge in [-0.15, -0.1) is 0 Å². The summed E-state index contributed by atoms with van der Waals surface area (Å²) >= 11 is 0. The minimum Gasteiger partial charge on any atom is -0.395 e. The van der Waals surface area contributed by atoms with E-state index in [4.69, 9.17) is 5.11 Å². The first kappa shape index (κ1) is 17.3. The molecule has 0 bridgehead atoms. The topological polar surface area (TPSA) is 55.7 Å². The molecule has 124 valence electrons. The molecule has 0 saturated carbocycles. The molecule has 1 heterocycles. The van der Waals surface area contributed by atoms with Gasteiger partial charge in [-0.3, -0.25) is 0 Å². The standard InChI is InChI=1S/C16H24F2N2O2/c17-14-2-1-13(9-15(14)18)16(22)11-19-10-12-3-5-20(6-4-12)7-8-21/h1-2,9,12,16,19,21-22H,3-8,10-11H2. The molecule has 1 unspecified atom stereocenters. The van der Waals surface area contributed by atoms with Gasteiger partial charge in [-0.25, -0.2) is 8.78 Å². The van der Waals surface area contributed by atoms with E-state index in [1.165, 1.54) is 6.07 Å².